The third-order valence-corrected chi connectivity index (χ3v) is 6.32. The Morgan fingerprint density at radius 2 is 1.73 bits per heavy atom. The molecule has 1 unspecified atom stereocenters. The summed E-state index contributed by atoms with van der Waals surface area (Å²) >= 11 is 12.2. The summed E-state index contributed by atoms with van der Waals surface area (Å²) in [6, 6.07) is 16.7. The Kier molecular flexibility index (Phi) is 7.39. The fourth-order valence-electron chi connectivity index (χ4n) is 3.90. The SMILES string of the molecule is NCC(CCC1CCN(Cc2ccccc2)CC1)c1ccc(Cl)c(Cl)c1. The molecule has 0 spiro atoms. The van der Waals surface area contributed by atoms with Gasteiger partial charge in [0.05, 0.1) is 10.0 Å². The summed E-state index contributed by atoms with van der Waals surface area (Å²) in [7, 11) is 0. The minimum Gasteiger partial charge on any atom is -0.330 e. The molecule has 2 nitrogen and oxygen atoms in total. The number of benzene rings is 2. The predicted molar refractivity (Wildman–Crippen MR) is 112 cm³/mol. The quantitative estimate of drug-likeness (QED) is 0.653. The van der Waals surface area contributed by atoms with Crippen LogP contribution >= 0.6 is 23.2 Å². The van der Waals surface area contributed by atoms with E-state index in [1.165, 1.54) is 43.5 Å². The van der Waals surface area contributed by atoms with Gasteiger partial charge in [-0.3, -0.25) is 4.90 Å². The van der Waals surface area contributed by atoms with Crippen molar-refractivity contribution >= 4 is 23.2 Å². The molecule has 0 saturated carbocycles. The maximum Gasteiger partial charge on any atom is 0.0595 e. The molecule has 4 heteroatoms. The zero-order valence-electron chi connectivity index (χ0n) is 15.2. The number of rotatable bonds is 7. The van der Waals surface area contributed by atoms with E-state index >= 15 is 0 Å². The number of piperidine rings is 1. The molecule has 2 N–H and O–H groups in total. The molecule has 0 amide bonds. The predicted octanol–water partition coefficient (Wildman–Crippen LogP) is 5.73. The van der Waals surface area contributed by atoms with Crippen molar-refractivity contribution in [3.63, 3.8) is 0 Å². The van der Waals surface area contributed by atoms with Crippen molar-refractivity contribution in [2.45, 2.75) is 38.1 Å². The highest BCUT2D eigenvalue weighted by Gasteiger charge is 2.21. The van der Waals surface area contributed by atoms with E-state index in [0.717, 1.165) is 18.9 Å². The Morgan fingerprint density at radius 3 is 2.38 bits per heavy atom. The zero-order valence-corrected chi connectivity index (χ0v) is 16.7. The Balaban J connectivity index is 1.45. The maximum absolute atomic E-state index is 6.17. The van der Waals surface area contributed by atoms with Gasteiger partial charge in [-0.2, -0.15) is 0 Å². The van der Waals surface area contributed by atoms with Crippen LogP contribution in [0, 0.1) is 5.92 Å². The van der Waals surface area contributed by atoms with Gasteiger partial charge in [-0.05, 0) is 80.4 Å². The first-order chi connectivity index (χ1) is 12.7. The Hall–Kier alpha value is -1.06. The van der Waals surface area contributed by atoms with Gasteiger partial charge in [0.25, 0.3) is 0 Å². The molecule has 26 heavy (non-hydrogen) atoms. The van der Waals surface area contributed by atoms with Crippen molar-refractivity contribution in [3.05, 3.63) is 69.7 Å². The molecular weight excluding hydrogens is 363 g/mol. The molecule has 1 atom stereocenters. The number of hydrogen-bond acceptors (Lipinski definition) is 2. The summed E-state index contributed by atoms with van der Waals surface area (Å²) in [4.78, 5) is 2.57. The molecule has 0 radical (unpaired) electrons. The summed E-state index contributed by atoms with van der Waals surface area (Å²) in [6.07, 6.45) is 4.93. The highest BCUT2D eigenvalue weighted by molar-refractivity contribution is 6.42. The Morgan fingerprint density at radius 1 is 1.00 bits per heavy atom. The molecule has 1 saturated heterocycles. The maximum atomic E-state index is 6.17. The van der Waals surface area contributed by atoms with Crippen LogP contribution in [0.25, 0.3) is 0 Å². The lowest BCUT2D eigenvalue weighted by molar-refractivity contribution is 0.169. The minimum atomic E-state index is 0.368. The second-order valence-electron chi connectivity index (χ2n) is 7.39. The van der Waals surface area contributed by atoms with Crippen molar-refractivity contribution in [2.24, 2.45) is 11.7 Å². The lowest BCUT2D eigenvalue weighted by Gasteiger charge is -2.32. The molecular formula is C22H28Cl2N2. The molecule has 0 bridgehead atoms. The first kappa shape index (κ1) is 19.7. The first-order valence-corrected chi connectivity index (χ1v) is 10.3. The van der Waals surface area contributed by atoms with Gasteiger partial charge in [0.2, 0.25) is 0 Å². The Labute approximate surface area is 167 Å². The van der Waals surface area contributed by atoms with E-state index in [1.807, 2.05) is 12.1 Å². The van der Waals surface area contributed by atoms with E-state index in [1.54, 1.807) is 0 Å². The monoisotopic (exact) mass is 390 g/mol. The van der Waals surface area contributed by atoms with Crippen LogP contribution in [-0.4, -0.2) is 24.5 Å². The smallest absolute Gasteiger partial charge is 0.0595 e. The molecule has 2 aromatic carbocycles. The van der Waals surface area contributed by atoms with E-state index in [-0.39, 0.29) is 0 Å². The molecule has 3 rings (SSSR count). The normalized spacial score (nSPS) is 17.3. The van der Waals surface area contributed by atoms with Crippen molar-refractivity contribution in [3.8, 4) is 0 Å². The summed E-state index contributed by atoms with van der Waals surface area (Å²) in [6.45, 7) is 4.12. The van der Waals surface area contributed by atoms with Crippen molar-refractivity contribution in [1.82, 2.24) is 4.90 Å². The number of halogens is 2. The third-order valence-electron chi connectivity index (χ3n) is 5.58. The summed E-state index contributed by atoms with van der Waals surface area (Å²) in [5.74, 6) is 1.17. The van der Waals surface area contributed by atoms with Crippen LogP contribution in [-0.2, 0) is 6.54 Å². The topological polar surface area (TPSA) is 29.3 Å². The average molecular weight is 391 g/mol. The molecule has 1 aliphatic heterocycles. The Bertz CT molecular complexity index is 682. The standard InChI is InChI=1S/C22H28Cl2N2/c23-21-9-8-19(14-22(21)24)20(15-25)7-6-17-10-12-26(13-11-17)16-18-4-2-1-3-5-18/h1-5,8-9,14,17,20H,6-7,10-13,15-16,25H2. The van der Waals surface area contributed by atoms with Gasteiger partial charge in [-0.15, -0.1) is 0 Å². The van der Waals surface area contributed by atoms with Gasteiger partial charge in [0, 0.05) is 6.54 Å². The number of likely N-dealkylation sites (tertiary alicyclic amines) is 1. The van der Waals surface area contributed by atoms with E-state index < -0.39 is 0 Å². The molecule has 1 heterocycles. The largest absolute Gasteiger partial charge is 0.330 e. The molecule has 140 valence electrons. The van der Waals surface area contributed by atoms with Gasteiger partial charge < -0.3 is 5.73 Å². The number of nitrogens with zero attached hydrogens (tertiary/aromatic N) is 1. The molecule has 0 aromatic heterocycles. The van der Waals surface area contributed by atoms with Crippen LogP contribution in [0.4, 0.5) is 0 Å². The highest BCUT2D eigenvalue weighted by Crippen LogP contribution is 2.31. The van der Waals surface area contributed by atoms with E-state index in [0.29, 0.717) is 22.5 Å². The van der Waals surface area contributed by atoms with Crippen molar-refractivity contribution in [1.29, 1.82) is 0 Å². The van der Waals surface area contributed by atoms with Crippen LogP contribution in [0.5, 0.6) is 0 Å². The average Bonchev–Trinajstić information content (AvgIpc) is 2.67. The van der Waals surface area contributed by atoms with Crippen LogP contribution in [0.1, 0.15) is 42.7 Å². The second-order valence-corrected chi connectivity index (χ2v) is 8.20. The van der Waals surface area contributed by atoms with E-state index in [2.05, 4.69) is 41.3 Å². The lowest BCUT2D eigenvalue weighted by Crippen LogP contribution is -2.33. The third kappa shape index (κ3) is 5.47. The summed E-state index contributed by atoms with van der Waals surface area (Å²) in [5, 5.41) is 1.23. The van der Waals surface area contributed by atoms with Gasteiger partial charge in [-0.25, -0.2) is 0 Å². The van der Waals surface area contributed by atoms with Crippen LogP contribution in [0.2, 0.25) is 10.0 Å². The second kappa shape index (κ2) is 9.75. The van der Waals surface area contributed by atoms with E-state index in [9.17, 15) is 0 Å². The first-order valence-electron chi connectivity index (χ1n) is 9.57. The molecule has 2 aromatic rings. The molecule has 0 aliphatic carbocycles. The van der Waals surface area contributed by atoms with Crippen molar-refractivity contribution < 1.29 is 0 Å². The summed E-state index contributed by atoms with van der Waals surface area (Å²) < 4.78 is 0. The van der Waals surface area contributed by atoms with Gasteiger partial charge >= 0.3 is 0 Å². The zero-order chi connectivity index (χ0) is 18.4. The fourth-order valence-corrected chi connectivity index (χ4v) is 4.21. The van der Waals surface area contributed by atoms with Crippen LogP contribution < -0.4 is 5.73 Å². The van der Waals surface area contributed by atoms with Gasteiger partial charge in [-0.1, -0.05) is 59.6 Å². The summed E-state index contributed by atoms with van der Waals surface area (Å²) in [5.41, 5.74) is 8.65. The minimum absolute atomic E-state index is 0.368. The van der Waals surface area contributed by atoms with E-state index in [4.69, 9.17) is 28.9 Å². The van der Waals surface area contributed by atoms with Crippen LogP contribution in [0.3, 0.4) is 0 Å². The van der Waals surface area contributed by atoms with Crippen LogP contribution in [0.15, 0.2) is 48.5 Å². The number of nitrogens with two attached hydrogens (primary N) is 1. The van der Waals surface area contributed by atoms with Gasteiger partial charge in [0.1, 0.15) is 0 Å². The lowest BCUT2D eigenvalue weighted by atomic mass is 9.86. The molecule has 1 fully saturated rings. The van der Waals surface area contributed by atoms with Gasteiger partial charge in [0.15, 0.2) is 0 Å². The molecule has 1 aliphatic rings. The van der Waals surface area contributed by atoms with Crippen molar-refractivity contribution in [2.75, 3.05) is 19.6 Å². The highest BCUT2D eigenvalue weighted by atomic mass is 35.5. The number of hydrogen-bond donors (Lipinski definition) is 1. The fraction of sp³-hybridized carbons (Fsp3) is 0.455.